The number of hydrogen-bond donors (Lipinski definition) is 1. The van der Waals surface area contributed by atoms with E-state index < -0.39 is 0 Å². The van der Waals surface area contributed by atoms with Gasteiger partial charge in [-0.1, -0.05) is 12.1 Å². The number of anilines is 3. The highest BCUT2D eigenvalue weighted by Crippen LogP contribution is 2.23. The van der Waals surface area contributed by atoms with Gasteiger partial charge >= 0.3 is 0 Å². The zero-order chi connectivity index (χ0) is 14.8. The second kappa shape index (κ2) is 5.71. The molecule has 1 saturated heterocycles. The third kappa shape index (κ3) is 3.32. The Morgan fingerprint density at radius 2 is 1.95 bits per heavy atom. The molecule has 0 unspecified atom stereocenters. The van der Waals surface area contributed by atoms with Crippen molar-refractivity contribution in [3.8, 4) is 0 Å². The first kappa shape index (κ1) is 13.9. The van der Waals surface area contributed by atoms with Gasteiger partial charge in [-0.3, -0.25) is 0 Å². The molecule has 1 aliphatic rings. The molecule has 21 heavy (non-hydrogen) atoms. The predicted octanol–water partition coefficient (Wildman–Crippen LogP) is 3.06. The molecule has 0 amide bonds. The summed E-state index contributed by atoms with van der Waals surface area (Å²) in [5.74, 6) is 3.75. The van der Waals surface area contributed by atoms with E-state index in [4.69, 9.17) is 4.52 Å². The summed E-state index contributed by atoms with van der Waals surface area (Å²) in [5.41, 5.74) is 0.946. The Balaban J connectivity index is 1.79. The molecule has 0 spiro atoms. The van der Waals surface area contributed by atoms with E-state index in [1.54, 1.807) is 0 Å². The number of aryl methyl sites for hydroxylation is 2. The van der Waals surface area contributed by atoms with Gasteiger partial charge in [0.25, 0.3) is 0 Å². The van der Waals surface area contributed by atoms with Crippen LogP contribution in [-0.2, 0) is 0 Å². The van der Waals surface area contributed by atoms with Crippen LogP contribution in [0.4, 0.5) is 17.6 Å². The molecule has 3 heterocycles. The van der Waals surface area contributed by atoms with Gasteiger partial charge in [-0.15, -0.1) is 0 Å². The van der Waals surface area contributed by atoms with E-state index in [0.717, 1.165) is 36.3 Å². The molecule has 1 N–H and O–H groups in total. The molecule has 1 fully saturated rings. The first-order valence-electron chi connectivity index (χ1n) is 7.41. The van der Waals surface area contributed by atoms with Crippen molar-refractivity contribution >= 4 is 17.6 Å². The molecule has 0 saturated carbocycles. The van der Waals surface area contributed by atoms with Gasteiger partial charge in [-0.25, -0.2) is 4.98 Å². The number of nitrogens with zero attached hydrogens (tertiary/aromatic N) is 4. The average molecular weight is 287 g/mol. The van der Waals surface area contributed by atoms with Crippen LogP contribution in [0, 0.1) is 19.8 Å². The van der Waals surface area contributed by atoms with Crippen LogP contribution in [0.1, 0.15) is 31.2 Å². The molecule has 0 aromatic carbocycles. The van der Waals surface area contributed by atoms with Crippen LogP contribution in [0.3, 0.4) is 0 Å². The summed E-state index contributed by atoms with van der Waals surface area (Å²) in [6, 6.07) is 3.86. The maximum absolute atomic E-state index is 5.05. The number of hydrogen-bond acceptors (Lipinski definition) is 6. The molecule has 0 radical (unpaired) electrons. The summed E-state index contributed by atoms with van der Waals surface area (Å²) in [7, 11) is 0. The van der Waals surface area contributed by atoms with Gasteiger partial charge in [0.1, 0.15) is 11.6 Å². The molecule has 0 bridgehead atoms. The summed E-state index contributed by atoms with van der Waals surface area (Å²) in [6.07, 6.45) is 2.43. The second-order valence-corrected chi connectivity index (χ2v) is 5.81. The zero-order valence-electron chi connectivity index (χ0n) is 12.8. The normalized spacial score (nSPS) is 16.2. The Labute approximate surface area is 124 Å². The molecular formula is C15H21N5O. The maximum atomic E-state index is 5.05. The smallest absolute Gasteiger partial charge is 0.230 e. The largest absolute Gasteiger partial charge is 0.360 e. The number of piperidine rings is 1. The molecule has 2 aromatic rings. The molecule has 0 atom stereocenters. The quantitative estimate of drug-likeness (QED) is 0.935. The van der Waals surface area contributed by atoms with Crippen molar-refractivity contribution < 1.29 is 4.52 Å². The van der Waals surface area contributed by atoms with Crippen molar-refractivity contribution in [2.45, 2.75) is 33.6 Å². The van der Waals surface area contributed by atoms with E-state index in [1.807, 2.05) is 26.0 Å². The molecular weight excluding hydrogens is 266 g/mol. The third-order valence-electron chi connectivity index (χ3n) is 3.82. The minimum atomic E-state index is 0.567. The van der Waals surface area contributed by atoms with Crippen molar-refractivity contribution in [2.24, 2.45) is 5.92 Å². The van der Waals surface area contributed by atoms with Gasteiger partial charge in [-0.05, 0) is 32.6 Å². The van der Waals surface area contributed by atoms with Gasteiger partial charge in [0.15, 0.2) is 5.82 Å². The number of nitrogens with one attached hydrogen (secondary N) is 1. The maximum Gasteiger partial charge on any atom is 0.230 e. The molecule has 0 aliphatic carbocycles. The van der Waals surface area contributed by atoms with Crippen molar-refractivity contribution in [1.82, 2.24) is 15.1 Å². The number of rotatable bonds is 3. The standard InChI is InChI=1S/C15H21N5O/c1-10-4-6-20(7-5-10)14-8-11(2)16-15(18-14)17-13-9-12(3)21-19-13/h8-10H,4-7H2,1-3H3,(H,16,17,18,19). The fourth-order valence-corrected chi connectivity index (χ4v) is 2.55. The van der Waals surface area contributed by atoms with Crippen LogP contribution in [0.25, 0.3) is 0 Å². The highest BCUT2D eigenvalue weighted by molar-refractivity contribution is 5.52. The van der Waals surface area contributed by atoms with Crippen LogP contribution >= 0.6 is 0 Å². The first-order valence-corrected chi connectivity index (χ1v) is 7.41. The van der Waals surface area contributed by atoms with Crippen LogP contribution in [0.15, 0.2) is 16.7 Å². The van der Waals surface area contributed by atoms with E-state index in [0.29, 0.717) is 11.8 Å². The molecule has 6 nitrogen and oxygen atoms in total. The van der Waals surface area contributed by atoms with Gasteiger partial charge < -0.3 is 14.7 Å². The molecule has 3 rings (SSSR count). The Morgan fingerprint density at radius 1 is 1.19 bits per heavy atom. The Bertz CT molecular complexity index is 616. The van der Waals surface area contributed by atoms with E-state index in [-0.39, 0.29) is 0 Å². The van der Waals surface area contributed by atoms with Crippen LogP contribution < -0.4 is 10.2 Å². The van der Waals surface area contributed by atoms with E-state index >= 15 is 0 Å². The summed E-state index contributed by atoms with van der Waals surface area (Å²) < 4.78 is 5.05. The Kier molecular flexibility index (Phi) is 3.77. The Hall–Kier alpha value is -2.11. The lowest BCUT2D eigenvalue weighted by atomic mass is 9.99. The predicted molar refractivity (Wildman–Crippen MR) is 81.9 cm³/mol. The first-order chi connectivity index (χ1) is 10.1. The highest BCUT2D eigenvalue weighted by Gasteiger charge is 2.18. The number of aromatic nitrogens is 3. The highest BCUT2D eigenvalue weighted by atomic mass is 16.5. The van der Waals surface area contributed by atoms with Crippen LogP contribution in [-0.4, -0.2) is 28.2 Å². The molecule has 2 aromatic heterocycles. The van der Waals surface area contributed by atoms with Crippen LogP contribution in [0.2, 0.25) is 0 Å². The topological polar surface area (TPSA) is 67.1 Å². The fraction of sp³-hybridized carbons (Fsp3) is 0.533. The fourth-order valence-electron chi connectivity index (χ4n) is 2.55. The van der Waals surface area contributed by atoms with Crippen LogP contribution in [0.5, 0.6) is 0 Å². The van der Waals surface area contributed by atoms with Gasteiger partial charge in [0.2, 0.25) is 5.95 Å². The summed E-state index contributed by atoms with van der Waals surface area (Å²) in [6.45, 7) is 8.26. The van der Waals surface area contributed by atoms with E-state index in [1.165, 1.54) is 12.8 Å². The summed E-state index contributed by atoms with van der Waals surface area (Å²) in [4.78, 5) is 11.4. The van der Waals surface area contributed by atoms with E-state index in [9.17, 15) is 0 Å². The lowest BCUT2D eigenvalue weighted by molar-refractivity contribution is 0.400. The minimum absolute atomic E-state index is 0.567. The lowest BCUT2D eigenvalue weighted by Gasteiger charge is -2.31. The summed E-state index contributed by atoms with van der Waals surface area (Å²) >= 11 is 0. The summed E-state index contributed by atoms with van der Waals surface area (Å²) in [5, 5.41) is 7.01. The lowest BCUT2D eigenvalue weighted by Crippen LogP contribution is -2.33. The van der Waals surface area contributed by atoms with Crippen molar-refractivity contribution in [3.05, 3.63) is 23.6 Å². The zero-order valence-corrected chi connectivity index (χ0v) is 12.8. The van der Waals surface area contributed by atoms with Gasteiger partial charge in [-0.2, -0.15) is 4.98 Å². The minimum Gasteiger partial charge on any atom is -0.360 e. The van der Waals surface area contributed by atoms with E-state index in [2.05, 4.69) is 32.3 Å². The monoisotopic (exact) mass is 287 g/mol. The van der Waals surface area contributed by atoms with Gasteiger partial charge in [0, 0.05) is 30.9 Å². The molecule has 6 heteroatoms. The van der Waals surface area contributed by atoms with Crippen molar-refractivity contribution in [1.29, 1.82) is 0 Å². The van der Waals surface area contributed by atoms with Gasteiger partial charge in [0.05, 0.1) is 0 Å². The molecule has 112 valence electrons. The SMILES string of the molecule is Cc1cc(N2CCC(C)CC2)nc(Nc2cc(C)on2)n1. The average Bonchev–Trinajstić information content (AvgIpc) is 2.84. The Morgan fingerprint density at radius 3 is 2.62 bits per heavy atom. The third-order valence-corrected chi connectivity index (χ3v) is 3.82. The van der Waals surface area contributed by atoms with Crippen molar-refractivity contribution in [2.75, 3.05) is 23.3 Å². The second-order valence-electron chi connectivity index (χ2n) is 5.81. The van der Waals surface area contributed by atoms with Crippen molar-refractivity contribution in [3.63, 3.8) is 0 Å². The molecule has 1 aliphatic heterocycles.